The third-order valence-corrected chi connectivity index (χ3v) is 30.8. The maximum atomic E-state index is 14.7. The van der Waals surface area contributed by atoms with Gasteiger partial charge in [-0.2, -0.15) is 15.3 Å². The van der Waals surface area contributed by atoms with Crippen molar-refractivity contribution in [3.05, 3.63) is 197 Å². The molecule has 14 aromatic rings. The molecule has 732 valence electrons. The molecule has 32 nitrogen and oxygen atoms in total. The number of imidazole rings is 3. The molecule has 0 unspecified atom stereocenters. The van der Waals surface area contributed by atoms with Crippen LogP contribution in [0.2, 0.25) is 103 Å². The molecule has 2 aliphatic rings. The van der Waals surface area contributed by atoms with Gasteiger partial charge in [0.2, 0.25) is 0 Å². The molecule has 0 saturated carbocycles. The van der Waals surface area contributed by atoms with Crippen LogP contribution in [0.4, 0.5) is 24.8 Å². The van der Waals surface area contributed by atoms with Gasteiger partial charge in [0.1, 0.15) is 67.0 Å². The first-order chi connectivity index (χ1) is 66.0. The largest absolute Gasteiger partial charge is 0.505 e. The van der Waals surface area contributed by atoms with E-state index in [9.17, 15) is 38.1 Å². The summed E-state index contributed by atoms with van der Waals surface area (Å²) in [6.45, 7) is 43.6. The molecule has 2 saturated heterocycles. The van der Waals surface area contributed by atoms with Gasteiger partial charge in [-0.25, -0.2) is 57.4 Å². The van der Waals surface area contributed by atoms with Crippen molar-refractivity contribution in [1.29, 1.82) is 0 Å². The molecule has 16 rings (SSSR count). The second-order valence-electron chi connectivity index (χ2n) is 39.4. The normalized spacial score (nSPS) is 13.4. The molecular formula is C99H128F3N21O11Si4. The van der Waals surface area contributed by atoms with E-state index in [2.05, 4.69) is 139 Å². The number of morpholine rings is 2. The molecule has 8 aromatic heterocycles. The first-order valence-electron chi connectivity index (χ1n) is 47.1. The minimum atomic E-state index is -1.33. The Hall–Kier alpha value is -12.2. The highest BCUT2D eigenvalue weighted by Crippen LogP contribution is 2.40. The van der Waals surface area contributed by atoms with E-state index in [4.69, 9.17) is 54.3 Å². The summed E-state index contributed by atoms with van der Waals surface area (Å²) in [5, 5.41) is 55.7. The summed E-state index contributed by atoms with van der Waals surface area (Å²) in [5.74, 6) is -0.489. The molecule has 0 aliphatic carbocycles. The van der Waals surface area contributed by atoms with Crippen LogP contribution in [0.1, 0.15) is 75.5 Å². The van der Waals surface area contributed by atoms with Gasteiger partial charge in [-0.3, -0.25) is 14.7 Å². The summed E-state index contributed by atoms with van der Waals surface area (Å²) >= 11 is 0. The number of fused-ring (bicyclic) bond motifs is 3. The quantitative estimate of drug-likeness (QED) is 0.0132. The van der Waals surface area contributed by atoms with Crippen molar-refractivity contribution in [3.8, 4) is 85.2 Å². The topological polar surface area (TPSA) is 387 Å². The van der Waals surface area contributed by atoms with Crippen molar-refractivity contribution >= 4 is 88.5 Å². The number of nitrogens with two attached hydrogens (primary N) is 1. The van der Waals surface area contributed by atoms with Gasteiger partial charge in [0.15, 0.2) is 52.2 Å². The number of amides is 2. The zero-order valence-electron chi connectivity index (χ0n) is 81.6. The van der Waals surface area contributed by atoms with E-state index in [1.807, 2.05) is 106 Å². The van der Waals surface area contributed by atoms with Gasteiger partial charge >= 0.3 is 0 Å². The van der Waals surface area contributed by atoms with E-state index in [1.165, 1.54) is 48.8 Å². The van der Waals surface area contributed by atoms with Gasteiger partial charge < -0.3 is 84.0 Å². The first kappa shape index (κ1) is 102. The van der Waals surface area contributed by atoms with Gasteiger partial charge in [-0.05, 0) is 166 Å². The van der Waals surface area contributed by atoms with Crippen molar-refractivity contribution in [2.75, 3.05) is 88.8 Å². The lowest BCUT2D eigenvalue weighted by Gasteiger charge is -2.27. The number of hydrogen-bond acceptors (Lipinski definition) is 24. The fourth-order valence-electron chi connectivity index (χ4n) is 15.8. The molecular weight excluding hydrogens is 1830 g/mol. The molecule has 2 fully saturated rings. The minimum Gasteiger partial charge on any atom is -0.505 e. The number of ether oxygens (including phenoxy) is 6. The Bertz CT molecular complexity index is 6550. The SMILES string of the molecule is CCc1cc(O)c(F)cc1-c1ccc2c(-c3nc(CN)cn3COCC[Si](C)(C)C)nn(COCC[Si](C)(C)C)c2c1.CCc1cc(O)c(F)cc1-c1ccc2c(-c3nc(CNC(=O)c4cnc(N5CCOCC5)cn4)cn3COCC[Si](C)(C)C)nn(COCC[Si](C)(C)C)c2c1.CCc1cc(O)c(F)cc1-c1ccc2c(-c3ncc(CNC(=O)c4cnc(N5CCOCC5)cn4)[nH]3)n[nH]c2c1. The second-order valence-corrected chi connectivity index (χ2v) is 61.9. The maximum absolute atomic E-state index is 14.7. The number of aromatic hydroxyl groups is 3. The van der Waals surface area contributed by atoms with E-state index in [0.29, 0.717) is 148 Å². The molecule has 0 atom stereocenters. The fraction of sp³-hybridized carbons (Fsp3) is 0.414. The highest BCUT2D eigenvalue weighted by molar-refractivity contribution is 6.77. The predicted molar refractivity (Wildman–Crippen MR) is 542 cm³/mol. The molecule has 138 heavy (non-hydrogen) atoms. The highest BCUT2D eigenvalue weighted by Gasteiger charge is 2.28. The van der Waals surface area contributed by atoms with Crippen LogP contribution in [0.3, 0.4) is 0 Å². The van der Waals surface area contributed by atoms with Crippen molar-refractivity contribution in [3.63, 3.8) is 0 Å². The predicted octanol–water partition coefficient (Wildman–Crippen LogP) is 17.8. The summed E-state index contributed by atoms with van der Waals surface area (Å²) in [6.07, 6.45) is 13.6. The van der Waals surface area contributed by atoms with Crippen LogP contribution >= 0.6 is 0 Å². The Kier molecular flexibility index (Phi) is 33.3. The zero-order chi connectivity index (χ0) is 98.3. The summed E-state index contributed by atoms with van der Waals surface area (Å²) in [4.78, 5) is 64.9. The van der Waals surface area contributed by atoms with Crippen LogP contribution in [0, 0.1) is 17.5 Å². The summed E-state index contributed by atoms with van der Waals surface area (Å²) in [5.41, 5.74) is 20.0. The zero-order valence-corrected chi connectivity index (χ0v) is 85.6. The molecule has 6 aromatic carbocycles. The lowest BCUT2D eigenvalue weighted by molar-refractivity contribution is 0.0815. The van der Waals surface area contributed by atoms with Gasteiger partial charge in [0.05, 0.1) is 104 Å². The highest BCUT2D eigenvalue weighted by atomic mass is 28.3. The smallest absolute Gasteiger partial charge is 0.271 e. The van der Waals surface area contributed by atoms with Crippen molar-refractivity contribution in [2.24, 2.45) is 5.73 Å². The Morgan fingerprint density at radius 1 is 0.464 bits per heavy atom. The number of carbonyl (C=O) groups excluding carboxylic acids is 2. The number of hydrogen-bond donors (Lipinski definition) is 8. The van der Waals surface area contributed by atoms with Gasteiger partial charge in [0, 0.05) is 120 Å². The van der Waals surface area contributed by atoms with E-state index < -0.39 is 49.7 Å². The monoisotopic (exact) mass is 1960 g/mol. The number of nitrogens with zero attached hydrogens (tertiary/aromatic N) is 16. The number of phenolic OH excluding ortho intramolecular Hbond substituents is 3. The third-order valence-electron chi connectivity index (χ3n) is 24.0. The number of anilines is 2. The first-order valence-corrected chi connectivity index (χ1v) is 61.9. The molecule has 2 aliphatic heterocycles. The van der Waals surface area contributed by atoms with Crippen LogP contribution in [0.5, 0.6) is 17.2 Å². The summed E-state index contributed by atoms with van der Waals surface area (Å²) in [7, 11) is -5.13. The van der Waals surface area contributed by atoms with Gasteiger partial charge in [0.25, 0.3) is 11.8 Å². The number of carbonyl (C=O) groups is 2. The van der Waals surface area contributed by atoms with Gasteiger partial charge in [-0.15, -0.1) is 0 Å². The Morgan fingerprint density at radius 3 is 1.25 bits per heavy atom. The fourth-order valence-corrected chi connectivity index (χ4v) is 18.8. The van der Waals surface area contributed by atoms with Crippen LogP contribution < -0.4 is 26.2 Å². The number of nitrogens with one attached hydrogen (secondary N) is 4. The number of rotatable bonds is 38. The Balaban J connectivity index is 0.000000168. The third kappa shape index (κ3) is 26.2. The van der Waals surface area contributed by atoms with E-state index in [-0.39, 0.29) is 73.7 Å². The van der Waals surface area contributed by atoms with Crippen molar-refractivity contribution in [1.82, 2.24) is 89.4 Å². The number of H-pyrrole nitrogens is 2. The molecule has 10 heterocycles. The van der Waals surface area contributed by atoms with E-state index in [1.54, 1.807) is 18.6 Å². The maximum Gasteiger partial charge on any atom is 0.271 e. The molecule has 2 amide bonds. The molecule has 0 radical (unpaired) electrons. The minimum absolute atomic E-state index is 0.148. The second kappa shape index (κ2) is 45.2. The van der Waals surface area contributed by atoms with E-state index >= 15 is 0 Å². The number of halogens is 3. The molecule has 0 spiro atoms. The van der Waals surface area contributed by atoms with Crippen molar-refractivity contribution < 1.29 is 66.5 Å². The van der Waals surface area contributed by atoms with Crippen LogP contribution in [-0.2, 0) is 94.2 Å². The number of aromatic nitrogens is 16. The van der Waals surface area contributed by atoms with Gasteiger partial charge in [-0.1, -0.05) is 118 Å². The van der Waals surface area contributed by atoms with Crippen LogP contribution in [0.15, 0.2) is 134 Å². The Labute approximate surface area is 805 Å². The summed E-state index contributed by atoms with van der Waals surface area (Å²) in [6, 6.07) is 30.3. The number of aryl methyl sites for hydroxylation is 3. The molecule has 0 bridgehead atoms. The average Bonchev–Trinajstić information content (AvgIpc) is 1.60. The summed E-state index contributed by atoms with van der Waals surface area (Å²) < 4.78 is 86.2. The molecule has 9 N–H and O–H groups in total. The van der Waals surface area contributed by atoms with Crippen LogP contribution in [0.25, 0.3) is 101 Å². The number of phenols is 3. The number of benzene rings is 6. The van der Waals surface area contributed by atoms with E-state index in [0.717, 1.165) is 134 Å². The lowest BCUT2D eigenvalue weighted by atomic mass is 9.96. The lowest BCUT2D eigenvalue weighted by Crippen LogP contribution is -2.37. The molecule has 39 heteroatoms. The average molecular weight is 1960 g/mol. The standard InChI is InChI=1S/C40H55FN8O5Si2.C31H46FN5O3Si2.C28H27FN8O3/c1-8-28-20-36(50)33(41)21-32(28)29-9-10-31-35(19-29)49(27-54-16-18-56(5,6)7)46-38(31)39-45-30(25-48(39)26-53-15-17-55(2,3)4)22-44-40(51)34-23-43-37(24-42-34)47-11-13-52-14-12-47;1-8-22-16-29(38)27(32)17-26(22)23-9-10-25-28(15-23)37(21-40-12-14-42(5,6)7)35-30(25)31-34-24(18-33)19-36(31)20-39-11-13-41(2,3)4;1-2-16-10-24(38)21(29)11-20(16)17-3-4-19-22(9-17)35-36-26(19)27-32-12-18(34-27)13-33-28(39)23-14-31-25(15-30-23)37-5-7-40-8-6-37/h9-10,19-21,23-25,50H,8,11-18,22,26-27H2,1-7H3,(H,44,51);9-10,15-17,19,38H,8,11-14,18,20-21,33H2,1-7H3;3-4,9-12,14-15,38H,2,5-8,13H2,1H3,(H,32,34)(H,33,39)(H,35,36). The van der Waals surface area contributed by atoms with Crippen LogP contribution in [-0.4, -0.2) is 217 Å². The number of aromatic amines is 2. The Morgan fingerprint density at radius 2 is 0.855 bits per heavy atom. The van der Waals surface area contributed by atoms with Crippen molar-refractivity contribution in [2.45, 2.75) is 189 Å².